The average molecular weight is 257 g/mol. The second-order valence-corrected chi connectivity index (χ2v) is 7.20. The molecule has 2 atom stereocenters. The Balaban J connectivity index is 1.72. The largest absolute Gasteiger partial charge is 0.307 e. The Bertz CT molecular complexity index is 461. The fraction of sp³-hybridized carbons (Fsp3) is 0.667. The van der Waals surface area contributed by atoms with Gasteiger partial charge in [-0.1, -0.05) is 38.5 Å². The highest BCUT2D eigenvalue weighted by molar-refractivity contribution is 5.36. The zero-order valence-electron chi connectivity index (χ0n) is 12.6. The normalized spacial score (nSPS) is 26.4. The van der Waals surface area contributed by atoms with E-state index in [-0.39, 0.29) is 0 Å². The van der Waals surface area contributed by atoms with Crippen LogP contribution in [0.15, 0.2) is 18.2 Å². The van der Waals surface area contributed by atoms with Crippen molar-refractivity contribution in [1.29, 1.82) is 0 Å². The lowest BCUT2D eigenvalue weighted by molar-refractivity contribution is 0.266. The summed E-state index contributed by atoms with van der Waals surface area (Å²) in [5.74, 6) is 0. The summed E-state index contributed by atoms with van der Waals surface area (Å²) in [5, 5.41) is 3.88. The van der Waals surface area contributed by atoms with Crippen molar-refractivity contribution in [2.45, 2.75) is 71.4 Å². The third kappa shape index (κ3) is 2.58. The van der Waals surface area contributed by atoms with Gasteiger partial charge in [-0.3, -0.25) is 0 Å². The number of rotatable bonds is 3. The molecule has 0 heterocycles. The van der Waals surface area contributed by atoms with Crippen molar-refractivity contribution in [3.63, 3.8) is 0 Å². The summed E-state index contributed by atoms with van der Waals surface area (Å²) in [7, 11) is 0. The van der Waals surface area contributed by atoms with Gasteiger partial charge >= 0.3 is 0 Å². The van der Waals surface area contributed by atoms with Crippen LogP contribution >= 0.6 is 0 Å². The van der Waals surface area contributed by atoms with E-state index in [1.807, 2.05) is 0 Å². The van der Waals surface area contributed by atoms with E-state index in [0.29, 0.717) is 17.5 Å². The Kier molecular flexibility index (Phi) is 3.42. The fourth-order valence-electron chi connectivity index (χ4n) is 3.89. The van der Waals surface area contributed by atoms with Crippen molar-refractivity contribution in [1.82, 2.24) is 5.32 Å². The maximum atomic E-state index is 3.88. The highest BCUT2D eigenvalue weighted by Crippen LogP contribution is 2.38. The second kappa shape index (κ2) is 4.94. The first-order chi connectivity index (χ1) is 9.06. The van der Waals surface area contributed by atoms with Crippen LogP contribution in [0.1, 0.15) is 69.2 Å². The number of hydrogen-bond acceptors (Lipinski definition) is 1. The molecule has 1 aromatic carbocycles. The summed E-state index contributed by atoms with van der Waals surface area (Å²) in [6.45, 7) is 7.14. The highest BCUT2D eigenvalue weighted by atomic mass is 15.0. The molecule has 0 saturated heterocycles. The molecule has 0 amide bonds. The van der Waals surface area contributed by atoms with Crippen LogP contribution < -0.4 is 5.32 Å². The summed E-state index contributed by atoms with van der Waals surface area (Å²) < 4.78 is 0. The summed E-state index contributed by atoms with van der Waals surface area (Å²) in [6, 6.07) is 8.30. The maximum Gasteiger partial charge on any atom is 0.0294 e. The molecule has 1 nitrogen and oxygen atoms in total. The Morgan fingerprint density at radius 1 is 1.16 bits per heavy atom. The molecule has 1 heteroatoms. The van der Waals surface area contributed by atoms with Crippen molar-refractivity contribution in [2.24, 2.45) is 5.41 Å². The summed E-state index contributed by atoms with van der Waals surface area (Å²) >= 11 is 0. The molecule has 3 rings (SSSR count). The lowest BCUT2D eigenvalue weighted by Crippen LogP contribution is -2.39. The topological polar surface area (TPSA) is 12.0 Å². The third-order valence-electron chi connectivity index (χ3n) is 5.33. The Morgan fingerprint density at radius 2 is 1.95 bits per heavy atom. The van der Waals surface area contributed by atoms with E-state index in [0.717, 1.165) is 0 Å². The summed E-state index contributed by atoms with van der Waals surface area (Å²) in [4.78, 5) is 0. The van der Waals surface area contributed by atoms with Crippen molar-refractivity contribution in [3.05, 3.63) is 34.9 Å². The molecule has 0 aromatic heterocycles. The van der Waals surface area contributed by atoms with Crippen molar-refractivity contribution < 1.29 is 0 Å². The zero-order chi connectivity index (χ0) is 13.5. The number of fused-ring (bicyclic) bond motifs is 1. The molecule has 0 spiro atoms. The molecule has 19 heavy (non-hydrogen) atoms. The van der Waals surface area contributed by atoms with Gasteiger partial charge in [0.2, 0.25) is 0 Å². The lowest BCUT2D eigenvalue weighted by atomic mass is 9.86. The minimum Gasteiger partial charge on any atom is -0.307 e. The molecule has 2 aliphatic carbocycles. The lowest BCUT2D eigenvalue weighted by Gasteiger charge is -2.31. The highest BCUT2D eigenvalue weighted by Gasteiger charge is 2.35. The third-order valence-corrected chi connectivity index (χ3v) is 5.33. The smallest absolute Gasteiger partial charge is 0.0294 e. The van der Waals surface area contributed by atoms with Crippen LogP contribution in [0, 0.1) is 5.41 Å². The number of hydrogen-bond donors (Lipinski definition) is 1. The minimum atomic E-state index is 0.463. The monoisotopic (exact) mass is 257 g/mol. The van der Waals surface area contributed by atoms with Crippen LogP contribution in [0.5, 0.6) is 0 Å². The minimum absolute atomic E-state index is 0.463. The maximum absolute atomic E-state index is 3.88. The molecule has 104 valence electrons. The Labute approximate surface area is 117 Å². The fourth-order valence-corrected chi connectivity index (χ4v) is 3.89. The number of nitrogens with one attached hydrogen (secondary N) is 1. The molecule has 0 bridgehead atoms. The molecular weight excluding hydrogens is 230 g/mol. The van der Waals surface area contributed by atoms with Gasteiger partial charge in [-0.05, 0) is 61.1 Å². The van der Waals surface area contributed by atoms with Crippen LogP contribution in [0.3, 0.4) is 0 Å². The second-order valence-electron chi connectivity index (χ2n) is 7.20. The van der Waals surface area contributed by atoms with E-state index in [2.05, 4.69) is 44.3 Å². The van der Waals surface area contributed by atoms with E-state index in [4.69, 9.17) is 0 Å². The summed E-state index contributed by atoms with van der Waals surface area (Å²) in [5.41, 5.74) is 5.11. The van der Waals surface area contributed by atoms with Gasteiger partial charge in [-0.2, -0.15) is 0 Å². The van der Waals surface area contributed by atoms with Gasteiger partial charge in [0.25, 0.3) is 0 Å². The molecule has 2 unspecified atom stereocenters. The first-order valence-corrected chi connectivity index (χ1v) is 7.94. The van der Waals surface area contributed by atoms with Gasteiger partial charge in [-0.15, -0.1) is 0 Å². The van der Waals surface area contributed by atoms with E-state index >= 15 is 0 Å². The molecule has 1 saturated carbocycles. The van der Waals surface area contributed by atoms with Crippen LogP contribution in [0.4, 0.5) is 0 Å². The van der Waals surface area contributed by atoms with Crippen molar-refractivity contribution in [2.75, 3.05) is 0 Å². The summed E-state index contributed by atoms with van der Waals surface area (Å²) in [6.07, 6.45) is 7.99. The van der Waals surface area contributed by atoms with E-state index in [1.165, 1.54) is 44.1 Å². The van der Waals surface area contributed by atoms with Gasteiger partial charge in [0.05, 0.1) is 0 Å². The molecule has 0 radical (unpaired) electrons. The molecule has 0 aliphatic heterocycles. The van der Waals surface area contributed by atoms with Crippen molar-refractivity contribution in [3.8, 4) is 0 Å². The molecule has 1 aromatic rings. The van der Waals surface area contributed by atoms with Gasteiger partial charge in [0.15, 0.2) is 0 Å². The van der Waals surface area contributed by atoms with Gasteiger partial charge < -0.3 is 5.32 Å². The first kappa shape index (κ1) is 13.2. The van der Waals surface area contributed by atoms with Crippen LogP contribution in [0.2, 0.25) is 0 Å². The Hall–Kier alpha value is -0.820. The van der Waals surface area contributed by atoms with Crippen LogP contribution in [-0.4, -0.2) is 6.04 Å². The molecular formula is C18H27N. The quantitative estimate of drug-likeness (QED) is 0.846. The molecule has 1 N–H and O–H groups in total. The SMILES string of the molecule is CC(NC1CCCC1(C)C)c1ccc2c(c1)CCC2. The van der Waals surface area contributed by atoms with Crippen LogP contribution in [-0.2, 0) is 12.8 Å². The standard InChI is InChI=1S/C18H27N/c1-13(19-17-8-5-11-18(17,2)3)15-10-9-14-6-4-7-16(14)12-15/h9-10,12-13,17,19H,4-8,11H2,1-3H3. The van der Waals surface area contributed by atoms with Crippen molar-refractivity contribution >= 4 is 0 Å². The predicted octanol–water partition coefficient (Wildman–Crippen LogP) is 4.40. The van der Waals surface area contributed by atoms with Gasteiger partial charge in [0.1, 0.15) is 0 Å². The molecule has 1 fully saturated rings. The number of benzene rings is 1. The average Bonchev–Trinajstić information content (AvgIpc) is 2.95. The van der Waals surface area contributed by atoms with Gasteiger partial charge in [0, 0.05) is 12.1 Å². The van der Waals surface area contributed by atoms with E-state index in [9.17, 15) is 0 Å². The zero-order valence-corrected chi connectivity index (χ0v) is 12.6. The number of aryl methyl sites for hydroxylation is 2. The van der Waals surface area contributed by atoms with E-state index < -0.39 is 0 Å². The Morgan fingerprint density at radius 3 is 2.68 bits per heavy atom. The predicted molar refractivity (Wildman–Crippen MR) is 81.4 cm³/mol. The van der Waals surface area contributed by atoms with Gasteiger partial charge in [-0.25, -0.2) is 0 Å². The van der Waals surface area contributed by atoms with Crippen LogP contribution in [0.25, 0.3) is 0 Å². The first-order valence-electron chi connectivity index (χ1n) is 7.94. The van der Waals surface area contributed by atoms with E-state index in [1.54, 1.807) is 11.1 Å². The molecule has 2 aliphatic rings.